The Morgan fingerprint density at radius 2 is 2.36 bits per heavy atom. The van der Waals surface area contributed by atoms with Gasteiger partial charge in [-0.25, -0.2) is 4.79 Å². The van der Waals surface area contributed by atoms with Crippen molar-refractivity contribution in [2.45, 2.75) is 19.1 Å². The van der Waals surface area contributed by atoms with Gasteiger partial charge in [-0.15, -0.1) is 0 Å². The Morgan fingerprint density at radius 1 is 1.50 bits per heavy atom. The molecule has 2 aliphatic rings. The first-order valence-electron chi connectivity index (χ1n) is 7.50. The summed E-state index contributed by atoms with van der Waals surface area (Å²) < 4.78 is 9.89. The van der Waals surface area contributed by atoms with E-state index >= 15 is 0 Å². The summed E-state index contributed by atoms with van der Waals surface area (Å²) >= 11 is 0. The number of methoxy groups -OCH3 is 1. The third-order valence-electron chi connectivity index (χ3n) is 4.26. The van der Waals surface area contributed by atoms with E-state index in [1.807, 2.05) is 18.2 Å². The summed E-state index contributed by atoms with van der Waals surface area (Å²) in [6, 6.07) is 5.59. The Morgan fingerprint density at radius 3 is 3.18 bits per heavy atom. The second-order valence-corrected chi connectivity index (χ2v) is 5.60. The molecule has 0 aromatic heterocycles. The van der Waals surface area contributed by atoms with Crippen LogP contribution < -0.4 is 5.32 Å². The van der Waals surface area contributed by atoms with Crippen LogP contribution in [0.2, 0.25) is 0 Å². The van der Waals surface area contributed by atoms with Crippen molar-refractivity contribution in [3.63, 3.8) is 0 Å². The van der Waals surface area contributed by atoms with E-state index in [2.05, 4.69) is 10.2 Å². The summed E-state index contributed by atoms with van der Waals surface area (Å²) in [6.07, 6.45) is 0.828. The summed E-state index contributed by atoms with van der Waals surface area (Å²) in [5.74, 6) is -0.436. The van der Waals surface area contributed by atoms with E-state index in [4.69, 9.17) is 9.47 Å². The standard InChI is InChI=1S/C16H20N2O4/c1-21-16(20)14-9-17-5-7-18(14)6-4-11-2-3-13-12(8-11)10-22-15(13)19/h2-3,8,14,17H,4-7,9-10H2,1H3. The number of nitrogens with one attached hydrogen (secondary N) is 1. The first-order valence-corrected chi connectivity index (χ1v) is 7.50. The molecular weight excluding hydrogens is 284 g/mol. The van der Waals surface area contributed by atoms with Crippen molar-refractivity contribution in [3.05, 3.63) is 34.9 Å². The smallest absolute Gasteiger partial charge is 0.338 e. The van der Waals surface area contributed by atoms with E-state index in [1.54, 1.807) is 0 Å². The molecule has 0 bridgehead atoms. The third kappa shape index (κ3) is 2.98. The molecule has 22 heavy (non-hydrogen) atoms. The summed E-state index contributed by atoms with van der Waals surface area (Å²) in [5, 5.41) is 3.22. The lowest BCUT2D eigenvalue weighted by molar-refractivity contribution is -0.147. The molecule has 0 saturated carbocycles. The largest absolute Gasteiger partial charge is 0.468 e. The second kappa shape index (κ2) is 6.46. The van der Waals surface area contributed by atoms with Crippen LogP contribution in [0, 0.1) is 0 Å². The van der Waals surface area contributed by atoms with Crippen molar-refractivity contribution in [3.8, 4) is 0 Å². The molecule has 6 nitrogen and oxygen atoms in total. The average molecular weight is 304 g/mol. The lowest BCUT2D eigenvalue weighted by atomic mass is 10.0. The minimum absolute atomic E-state index is 0.194. The highest BCUT2D eigenvalue weighted by molar-refractivity contribution is 5.93. The molecule has 0 amide bonds. The van der Waals surface area contributed by atoms with E-state index < -0.39 is 0 Å². The number of benzene rings is 1. The van der Waals surface area contributed by atoms with Gasteiger partial charge in [0.25, 0.3) is 0 Å². The van der Waals surface area contributed by atoms with Crippen LogP contribution in [-0.4, -0.2) is 56.2 Å². The number of esters is 2. The van der Waals surface area contributed by atoms with Gasteiger partial charge in [0.2, 0.25) is 0 Å². The van der Waals surface area contributed by atoms with E-state index in [1.165, 1.54) is 7.11 Å². The maximum absolute atomic E-state index is 11.8. The monoisotopic (exact) mass is 304 g/mol. The highest BCUT2D eigenvalue weighted by Crippen LogP contribution is 2.21. The Kier molecular flexibility index (Phi) is 4.40. The maximum atomic E-state index is 11.8. The molecule has 1 saturated heterocycles. The molecule has 1 unspecified atom stereocenters. The van der Waals surface area contributed by atoms with Crippen molar-refractivity contribution in [1.82, 2.24) is 10.2 Å². The van der Waals surface area contributed by atoms with Gasteiger partial charge in [-0.1, -0.05) is 12.1 Å². The van der Waals surface area contributed by atoms with E-state index in [0.29, 0.717) is 18.7 Å². The van der Waals surface area contributed by atoms with E-state index in [-0.39, 0.29) is 18.0 Å². The summed E-state index contributed by atoms with van der Waals surface area (Å²) in [6.45, 7) is 3.47. The summed E-state index contributed by atoms with van der Waals surface area (Å²) in [5.41, 5.74) is 2.77. The predicted octanol–water partition coefficient (Wildman–Crippen LogP) is 0.346. The molecule has 1 fully saturated rings. The lowest BCUT2D eigenvalue weighted by Gasteiger charge is -2.34. The Labute approximate surface area is 129 Å². The molecule has 0 spiro atoms. The minimum atomic E-state index is -0.241. The van der Waals surface area contributed by atoms with Gasteiger partial charge in [-0.2, -0.15) is 0 Å². The summed E-state index contributed by atoms with van der Waals surface area (Å²) in [4.78, 5) is 25.4. The fraction of sp³-hybridized carbons (Fsp3) is 0.500. The summed E-state index contributed by atoms with van der Waals surface area (Å²) in [7, 11) is 1.42. The molecule has 1 N–H and O–H groups in total. The predicted molar refractivity (Wildman–Crippen MR) is 79.5 cm³/mol. The molecule has 118 valence electrons. The lowest BCUT2D eigenvalue weighted by Crippen LogP contribution is -2.55. The van der Waals surface area contributed by atoms with Gasteiger partial charge in [0.1, 0.15) is 12.6 Å². The van der Waals surface area contributed by atoms with E-state index in [9.17, 15) is 9.59 Å². The highest BCUT2D eigenvalue weighted by Gasteiger charge is 2.29. The van der Waals surface area contributed by atoms with Crippen LogP contribution in [0.4, 0.5) is 0 Å². The van der Waals surface area contributed by atoms with Gasteiger partial charge in [0, 0.05) is 31.7 Å². The Bertz CT molecular complexity index is 588. The van der Waals surface area contributed by atoms with Crippen LogP contribution in [0.15, 0.2) is 18.2 Å². The fourth-order valence-corrected chi connectivity index (χ4v) is 3.00. The molecular formula is C16H20N2O4. The molecule has 0 aliphatic carbocycles. The average Bonchev–Trinajstić information content (AvgIpc) is 2.93. The van der Waals surface area contributed by atoms with Crippen molar-refractivity contribution < 1.29 is 19.1 Å². The Balaban J connectivity index is 1.64. The van der Waals surface area contributed by atoms with Crippen LogP contribution >= 0.6 is 0 Å². The molecule has 3 rings (SSSR count). The molecule has 1 atom stereocenters. The van der Waals surface area contributed by atoms with Crippen molar-refractivity contribution >= 4 is 11.9 Å². The normalized spacial score (nSPS) is 21.3. The van der Waals surface area contributed by atoms with Crippen LogP contribution in [0.1, 0.15) is 21.5 Å². The zero-order valence-electron chi connectivity index (χ0n) is 12.6. The van der Waals surface area contributed by atoms with Crippen LogP contribution in [0.25, 0.3) is 0 Å². The van der Waals surface area contributed by atoms with Gasteiger partial charge in [-0.3, -0.25) is 9.69 Å². The number of carbonyl (C=O) groups excluding carboxylic acids is 2. The number of cyclic esters (lactones) is 1. The van der Waals surface area contributed by atoms with Crippen molar-refractivity contribution in [1.29, 1.82) is 0 Å². The number of hydrogen-bond acceptors (Lipinski definition) is 6. The quantitative estimate of drug-likeness (QED) is 0.810. The van der Waals surface area contributed by atoms with Gasteiger partial charge < -0.3 is 14.8 Å². The van der Waals surface area contributed by atoms with Crippen LogP contribution in [-0.2, 0) is 27.3 Å². The number of fused-ring (bicyclic) bond motifs is 1. The number of carbonyl (C=O) groups is 2. The first kappa shape index (κ1) is 15.0. The molecule has 1 aromatic carbocycles. The second-order valence-electron chi connectivity index (χ2n) is 5.60. The van der Waals surface area contributed by atoms with Crippen LogP contribution in [0.5, 0.6) is 0 Å². The number of ether oxygens (including phenoxy) is 2. The zero-order chi connectivity index (χ0) is 15.5. The van der Waals surface area contributed by atoms with Gasteiger partial charge in [0.15, 0.2) is 0 Å². The molecule has 2 heterocycles. The molecule has 2 aliphatic heterocycles. The van der Waals surface area contributed by atoms with Crippen molar-refractivity contribution in [2.24, 2.45) is 0 Å². The van der Waals surface area contributed by atoms with Crippen LogP contribution in [0.3, 0.4) is 0 Å². The fourth-order valence-electron chi connectivity index (χ4n) is 3.00. The van der Waals surface area contributed by atoms with Crippen molar-refractivity contribution in [2.75, 3.05) is 33.3 Å². The molecule has 1 aromatic rings. The number of nitrogens with zero attached hydrogens (tertiary/aromatic N) is 1. The third-order valence-corrected chi connectivity index (χ3v) is 4.26. The topological polar surface area (TPSA) is 67.9 Å². The van der Waals surface area contributed by atoms with Gasteiger partial charge in [-0.05, 0) is 18.1 Å². The van der Waals surface area contributed by atoms with E-state index in [0.717, 1.165) is 37.2 Å². The molecule has 6 heteroatoms. The number of rotatable bonds is 4. The number of piperazine rings is 1. The maximum Gasteiger partial charge on any atom is 0.338 e. The first-order chi connectivity index (χ1) is 10.7. The van der Waals surface area contributed by atoms with Gasteiger partial charge in [0.05, 0.1) is 12.7 Å². The minimum Gasteiger partial charge on any atom is -0.468 e. The highest BCUT2D eigenvalue weighted by atomic mass is 16.5. The molecule has 0 radical (unpaired) electrons. The zero-order valence-corrected chi connectivity index (χ0v) is 12.6. The number of hydrogen-bond donors (Lipinski definition) is 1. The van der Waals surface area contributed by atoms with Gasteiger partial charge >= 0.3 is 11.9 Å². The Hall–Kier alpha value is -1.92. The SMILES string of the molecule is COC(=O)C1CNCCN1CCc1ccc2c(c1)COC2=O.